The monoisotopic (exact) mass is 326 g/mol. The fourth-order valence-electron chi connectivity index (χ4n) is 2.32. The molecule has 0 aromatic heterocycles. The topological polar surface area (TPSA) is 52.6 Å². The summed E-state index contributed by atoms with van der Waals surface area (Å²) >= 11 is 3.26. The maximum atomic E-state index is 12.2. The normalized spacial score (nSPS) is 17.4. The molecule has 0 saturated carbocycles. The Hall–Kier alpha value is -1.07. The second-order valence-corrected chi connectivity index (χ2v) is 6.05. The van der Waals surface area contributed by atoms with Crippen molar-refractivity contribution in [2.75, 3.05) is 20.1 Å². The van der Waals surface area contributed by atoms with E-state index in [0.717, 1.165) is 31.5 Å². The van der Waals surface area contributed by atoms with Gasteiger partial charge in [0, 0.05) is 6.04 Å². The zero-order chi connectivity index (χ0) is 14.0. The molecule has 2 N–H and O–H groups in total. The predicted octanol–water partition coefficient (Wildman–Crippen LogP) is 2.29. The Balaban J connectivity index is 2.08. The Morgan fingerprint density at radius 1 is 1.42 bits per heavy atom. The summed E-state index contributed by atoms with van der Waals surface area (Å²) in [5.41, 5.74) is 1.28. The summed E-state index contributed by atoms with van der Waals surface area (Å²) in [5, 5.41) is 13.0. The largest absolute Gasteiger partial charge is 0.506 e. The van der Waals surface area contributed by atoms with Crippen molar-refractivity contribution >= 4 is 21.8 Å². The number of hydrogen-bond acceptors (Lipinski definition) is 3. The van der Waals surface area contributed by atoms with Crippen LogP contribution in [0.25, 0.3) is 0 Å². The van der Waals surface area contributed by atoms with Crippen LogP contribution in [0.5, 0.6) is 5.75 Å². The first-order valence-electron chi connectivity index (χ1n) is 6.46. The number of phenolic OH excluding ortho intramolecular Hbond substituents is 1. The highest BCUT2D eigenvalue weighted by atomic mass is 79.9. The number of nitrogens with one attached hydrogen (secondary N) is 1. The Labute approximate surface area is 121 Å². The highest BCUT2D eigenvalue weighted by molar-refractivity contribution is 9.10. The van der Waals surface area contributed by atoms with Gasteiger partial charge in [-0.25, -0.2) is 0 Å². The molecule has 2 rings (SSSR count). The summed E-state index contributed by atoms with van der Waals surface area (Å²) in [6.07, 6.45) is 1.91. The standard InChI is InChI=1S/C14H19BrN2O2/c1-9-7-11(13(18)12(15)8-9)14(19)16-10-3-5-17(2)6-4-10/h7-8,10,18H,3-6H2,1-2H3,(H,16,19). The number of nitrogens with zero attached hydrogens (tertiary/aromatic N) is 1. The first kappa shape index (κ1) is 14.3. The van der Waals surface area contributed by atoms with Gasteiger partial charge in [0.25, 0.3) is 5.91 Å². The van der Waals surface area contributed by atoms with E-state index < -0.39 is 0 Å². The molecule has 0 radical (unpaired) electrons. The summed E-state index contributed by atoms with van der Waals surface area (Å²) in [6, 6.07) is 3.70. The van der Waals surface area contributed by atoms with Crippen LogP contribution in [0.1, 0.15) is 28.8 Å². The maximum Gasteiger partial charge on any atom is 0.255 e. The van der Waals surface area contributed by atoms with Crippen molar-refractivity contribution in [3.05, 3.63) is 27.7 Å². The number of phenols is 1. The van der Waals surface area contributed by atoms with E-state index in [9.17, 15) is 9.90 Å². The molecule has 0 bridgehead atoms. The van der Waals surface area contributed by atoms with E-state index in [-0.39, 0.29) is 17.7 Å². The molecule has 104 valence electrons. The van der Waals surface area contributed by atoms with E-state index in [1.54, 1.807) is 12.1 Å². The molecule has 4 nitrogen and oxygen atoms in total. The lowest BCUT2D eigenvalue weighted by molar-refractivity contribution is 0.0914. The number of carbonyl (C=O) groups excluding carboxylic acids is 1. The quantitative estimate of drug-likeness (QED) is 0.876. The fraction of sp³-hybridized carbons (Fsp3) is 0.500. The molecule has 0 unspecified atom stereocenters. The van der Waals surface area contributed by atoms with Gasteiger partial charge in [0.15, 0.2) is 0 Å². The van der Waals surface area contributed by atoms with Gasteiger partial charge in [-0.05, 0) is 73.5 Å². The third-order valence-electron chi connectivity index (χ3n) is 3.51. The van der Waals surface area contributed by atoms with Crippen molar-refractivity contribution in [1.29, 1.82) is 0 Å². The third-order valence-corrected chi connectivity index (χ3v) is 4.11. The summed E-state index contributed by atoms with van der Waals surface area (Å²) < 4.78 is 0.557. The lowest BCUT2D eigenvalue weighted by Crippen LogP contribution is -2.43. The average Bonchev–Trinajstić information content (AvgIpc) is 2.36. The Bertz CT molecular complexity index is 483. The Morgan fingerprint density at radius 3 is 2.68 bits per heavy atom. The van der Waals surface area contributed by atoms with Crippen LogP contribution in [-0.2, 0) is 0 Å². The first-order valence-corrected chi connectivity index (χ1v) is 7.25. The number of halogens is 1. The number of likely N-dealkylation sites (tertiary alicyclic amines) is 1. The molecule has 0 atom stereocenters. The van der Waals surface area contributed by atoms with Gasteiger partial charge in [-0.3, -0.25) is 4.79 Å². The van der Waals surface area contributed by atoms with Crippen LogP contribution in [0.4, 0.5) is 0 Å². The molecule has 19 heavy (non-hydrogen) atoms. The Morgan fingerprint density at radius 2 is 2.05 bits per heavy atom. The molecule has 1 saturated heterocycles. The minimum Gasteiger partial charge on any atom is -0.506 e. The number of aromatic hydroxyl groups is 1. The van der Waals surface area contributed by atoms with Crippen LogP contribution in [0.3, 0.4) is 0 Å². The summed E-state index contributed by atoms with van der Waals surface area (Å²) in [4.78, 5) is 14.5. The van der Waals surface area contributed by atoms with Crippen molar-refractivity contribution < 1.29 is 9.90 Å². The summed E-state index contributed by atoms with van der Waals surface area (Å²) in [7, 11) is 2.08. The summed E-state index contributed by atoms with van der Waals surface area (Å²) in [6.45, 7) is 3.89. The number of piperidine rings is 1. The zero-order valence-corrected chi connectivity index (χ0v) is 12.8. The van der Waals surface area contributed by atoms with E-state index in [1.165, 1.54) is 0 Å². The smallest absolute Gasteiger partial charge is 0.255 e. The van der Waals surface area contributed by atoms with Crippen LogP contribution >= 0.6 is 15.9 Å². The molecule has 1 aliphatic heterocycles. The van der Waals surface area contributed by atoms with Gasteiger partial charge in [-0.15, -0.1) is 0 Å². The summed E-state index contributed by atoms with van der Waals surface area (Å²) in [5.74, 6) is -0.188. The highest BCUT2D eigenvalue weighted by Gasteiger charge is 2.21. The molecule has 1 aromatic carbocycles. The number of carbonyl (C=O) groups is 1. The van der Waals surface area contributed by atoms with Gasteiger partial charge in [0.2, 0.25) is 0 Å². The minimum atomic E-state index is -0.198. The molecule has 0 aliphatic carbocycles. The van der Waals surface area contributed by atoms with Crippen LogP contribution in [0.2, 0.25) is 0 Å². The first-order chi connectivity index (χ1) is 8.97. The van der Waals surface area contributed by atoms with E-state index in [0.29, 0.717) is 10.0 Å². The lowest BCUT2D eigenvalue weighted by atomic mass is 10.0. The molecule has 1 aromatic rings. The van der Waals surface area contributed by atoms with Gasteiger partial charge in [-0.1, -0.05) is 0 Å². The fourth-order valence-corrected chi connectivity index (χ4v) is 2.90. The lowest BCUT2D eigenvalue weighted by Gasteiger charge is -2.29. The number of aryl methyl sites for hydroxylation is 1. The second-order valence-electron chi connectivity index (χ2n) is 5.19. The van der Waals surface area contributed by atoms with Crippen molar-refractivity contribution in [1.82, 2.24) is 10.2 Å². The van der Waals surface area contributed by atoms with Crippen molar-refractivity contribution in [3.8, 4) is 5.75 Å². The molecule has 1 aliphatic rings. The predicted molar refractivity (Wildman–Crippen MR) is 78.5 cm³/mol. The van der Waals surface area contributed by atoms with Crippen molar-refractivity contribution in [3.63, 3.8) is 0 Å². The van der Waals surface area contributed by atoms with E-state index >= 15 is 0 Å². The van der Waals surface area contributed by atoms with Crippen molar-refractivity contribution in [2.24, 2.45) is 0 Å². The average molecular weight is 327 g/mol. The Kier molecular flexibility index (Phi) is 4.47. The van der Waals surface area contributed by atoms with Gasteiger partial charge in [0.05, 0.1) is 10.0 Å². The molecular formula is C14H19BrN2O2. The maximum absolute atomic E-state index is 12.2. The van der Waals surface area contributed by atoms with Gasteiger partial charge in [0.1, 0.15) is 5.75 Å². The molecule has 1 amide bonds. The van der Waals surface area contributed by atoms with Crippen LogP contribution in [-0.4, -0.2) is 42.1 Å². The second kappa shape index (κ2) is 5.92. The molecule has 1 fully saturated rings. The van der Waals surface area contributed by atoms with Gasteiger partial charge < -0.3 is 15.3 Å². The van der Waals surface area contributed by atoms with Crippen LogP contribution in [0.15, 0.2) is 16.6 Å². The molecule has 0 spiro atoms. The van der Waals surface area contributed by atoms with Crippen LogP contribution in [0, 0.1) is 6.92 Å². The van der Waals surface area contributed by atoms with E-state index in [4.69, 9.17) is 0 Å². The van der Waals surface area contributed by atoms with E-state index in [1.807, 2.05) is 6.92 Å². The number of hydrogen-bond donors (Lipinski definition) is 2. The van der Waals surface area contributed by atoms with Gasteiger partial charge in [-0.2, -0.15) is 0 Å². The molecule has 1 heterocycles. The number of rotatable bonds is 2. The zero-order valence-electron chi connectivity index (χ0n) is 11.2. The van der Waals surface area contributed by atoms with E-state index in [2.05, 4.69) is 33.2 Å². The SMILES string of the molecule is Cc1cc(Br)c(O)c(C(=O)NC2CCN(C)CC2)c1. The molecule has 5 heteroatoms. The van der Waals surface area contributed by atoms with Gasteiger partial charge >= 0.3 is 0 Å². The number of amides is 1. The highest BCUT2D eigenvalue weighted by Crippen LogP contribution is 2.29. The molecular weight excluding hydrogens is 308 g/mol. The van der Waals surface area contributed by atoms with Crippen LogP contribution < -0.4 is 5.32 Å². The minimum absolute atomic E-state index is 0.0102. The van der Waals surface area contributed by atoms with Crippen molar-refractivity contribution in [2.45, 2.75) is 25.8 Å². The third kappa shape index (κ3) is 3.48. The number of benzene rings is 1.